The minimum Gasteiger partial charge on any atom is -0.359 e. The maximum Gasteiger partial charge on any atom is 0.247 e. The normalized spacial score (nSPS) is 14.4. The number of thiazole rings is 2. The number of amides is 5. The van der Waals surface area contributed by atoms with E-state index < -0.39 is 112 Å². The number of hydrogen-bond donors (Lipinski definition) is 5. The van der Waals surface area contributed by atoms with Crippen molar-refractivity contribution in [1.82, 2.24) is 24.6 Å². The molecule has 0 saturated carbocycles. The Morgan fingerprint density at radius 1 is 0.491 bits per heavy atom. The predicted molar refractivity (Wildman–Crippen MR) is 466 cm³/mol. The lowest BCUT2D eigenvalue weighted by Gasteiger charge is -2.25. The van der Waals surface area contributed by atoms with Gasteiger partial charge in [-0.3, -0.25) is 29.3 Å². The van der Waals surface area contributed by atoms with E-state index in [1.165, 1.54) is 96.2 Å². The lowest BCUT2D eigenvalue weighted by atomic mass is 9.87. The van der Waals surface area contributed by atoms with Crippen molar-refractivity contribution in [3.63, 3.8) is 0 Å². The molecular weight excluding hydrogens is 1670 g/mol. The van der Waals surface area contributed by atoms with Crippen molar-refractivity contribution >= 4 is 161 Å². The smallest absolute Gasteiger partial charge is 0.247 e. The summed E-state index contributed by atoms with van der Waals surface area (Å²) in [5.41, 5.74) is 4.19. The zero-order valence-corrected chi connectivity index (χ0v) is 78.1. The Kier molecular flexibility index (Phi) is 34.4. The minimum atomic E-state index is -3.85. The second kappa shape index (κ2) is 39.4. The zero-order valence-electron chi connectivity index (χ0n) is 70.9. The van der Waals surface area contributed by atoms with Crippen LogP contribution in [0.1, 0.15) is 208 Å². The zero-order chi connectivity index (χ0) is 88.8. The first-order chi connectivity index (χ1) is 52.8. The Labute approximate surface area is 699 Å². The van der Waals surface area contributed by atoms with Crippen molar-refractivity contribution in [3.8, 4) is 11.3 Å². The number of aromatic nitrogens is 4. The van der Waals surface area contributed by atoms with Crippen LogP contribution in [0.25, 0.3) is 21.5 Å². The molecule has 5 amide bonds. The summed E-state index contributed by atoms with van der Waals surface area (Å²) in [7, 11) is -21.2. The van der Waals surface area contributed by atoms with Gasteiger partial charge in [-0.15, -0.1) is 11.3 Å². The van der Waals surface area contributed by atoms with Crippen LogP contribution >= 0.6 is 34.3 Å². The molecule has 1 aliphatic heterocycles. The third kappa shape index (κ3) is 26.7. The average molecular weight is 1790 g/mol. The van der Waals surface area contributed by atoms with Crippen molar-refractivity contribution in [2.24, 2.45) is 5.92 Å². The maximum absolute atomic E-state index is 12.9. The lowest BCUT2D eigenvalue weighted by Crippen LogP contribution is -2.47. The largest absolute Gasteiger partial charge is 0.359 e. The van der Waals surface area contributed by atoms with E-state index in [4.69, 9.17) is 20.6 Å². The third-order valence-corrected chi connectivity index (χ3v) is 35.7. The van der Waals surface area contributed by atoms with Crippen molar-refractivity contribution in [2.75, 3.05) is 74.7 Å². The van der Waals surface area contributed by atoms with Gasteiger partial charge in [0, 0.05) is 57.7 Å². The summed E-state index contributed by atoms with van der Waals surface area (Å²) >= 11 is 8.43. The van der Waals surface area contributed by atoms with E-state index in [0.717, 1.165) is 27.6 Å². The molecule has 116 heavy (non-hydrogen) atoms. The molecule has 4 aromatic heterocycles. The summed E-state index contributed by atoms with van der Waals surface area (Å²) in [4.78, 5) is 70.7. The molecule has 1 fully saturated rings. The topological polar surface area (TPSA) is 431 Å². The number of fused-ring (bicyclic) bond motifs is 1. The molecule has 0 radical (unpaired) electrons. The van der Waals surface area contributed by atoms with Gasteiger partial charge >= 0.3 is 0 Å². The van der Waals surface area contributed by atoms with E-state index >= 15 is 0 Å². The summed E-state index contributed by atoms with van der Waals surface area (Å²) < 4.78 is 151. The van der Waals surface area contributed by atoms with Gasteiger partial charge in [0.05, 0.1) is 56.6 Å². The number of nitrogens with one attached hydrogen (secondary N) is 5. The fraction of sp³-hybridized carbons (Fsp3) is 0.577. The lowest BCUT2D eigenvalue weighted by molar-refractivity contribution is -0.118. The van der Waals surface area contributed by atoms with Crippen molar-refractivity contribution in [3.05, 3.63) is 112 Å². The van der Waals surface area contributed by atoms with Gasteiger partial charge in [-0.25, -0.2) is 64.8 Å². The van der Waals surface area contributed by atoms with Gasteiger partial charge in [-0.1, -0.05) is 160 Å². The van der Waals surface area contributed by atoms with Gasteiger partial charge in [0.25, 0.3) is 0 Å². The highest BCUT2D eigenvalue weighted by Crippen LogP contribution is 2.34. The predicted octanol–water partition coefficient (Wildman–Crippen LogP) is 14.3. The number of carbonyl (C=O) groups is 5. The monoisotopic (exact) mass is 1790 g/mol. The number of nitrogens with zero attached hydrogens (tertiary/aromatic N) is 5. The number of halogens is 1. The summed E-state index contributed by atoms with van der Waals surface area (Å²) in [6.07, 6.45) is 3.47. The fourth-order valence-electron chi connectivity index (χ4n) is 10.3. The highest BCUT2D eigenvalue weighted by molar-refractivity contribution is 7.94. The molecule has 29 nitrogen and oxygen atoms in total. The van der Waals surface area contributed by atoms with Crippen molar-refractivity contribution in [2.45, 2.75) is 231 Å². The number of rotatable bonds is 27. The van der Waals surface area contributed by atoms with Crippen molar-refractivity contribution in [1.29, 1.82) is 0 Å². The Hall–Kier alpha value is -7.10. The van der Waals surface area contributed by atoms with E-state index in [1.54, 1.807) is 63.4 Å². The van der Waals surface area contributed by atoms with Gasteiger partial charge in [0.1, 0.15) is 29.5 Å². The first-order valence-electron chi connectivity index (χ1n) is 37.6. The summed E-state index contributed by atoms with van der Waals surface area (Å²) in [5, 5.41) is 23.9. The van der Waals surface area contributed by atoms with Crippen LogP contribution in [0.3, 0.4) is 0 Å². The Bertz CT molecular complexity index is 5270. The second-order valence-corrected chi connectivity index (χ2v) is 51.2. The van der Waals surface area contributed by atoms with Gasteiger partial charge in [0.2, 0.25) is 45.4 Å². The Morgan fingerprint density at radius 3 is 1.38 bits per heavy atom. The molecule has 0 bridgehead atoms. The van der Waals surface area contributed by atoms with Crippen molar-refractivity contribution < 1.29 is 83.5 Å². The molecule has 648 valence electrons. The Morgan fingerprint density at radius 2 is 0.948 bits per heavy atom. The first kappa shape index (κ1) is 101. The first-order valence-corrected chi connectivity index (χ1v) is 49.8. The van der Waals surface area contributed by atoms with Gasteiger partial charge in [-0.2, -0.15) is 0 Å². The molecule has 5 N–H and O–H groups in total. The molecule has 1 atom stereocenters. The number of sulfonamides is 1. The van der Waals surface area contributed by atoms with Crippen LogP contribution < -0.4 is 26.6 Å². The van der Waals surface area contributed by atoms with E-state index in [0.29, 0.717) is 76.8 Å². The summed E-state index contributed by atoms with van der Waals surface area (Å²) in [6.45, 7) is 39.6. The number of anilines is 5. The maximum atomic E-state index is 12.9. The SMILES string of the molecule is CC(C)(C)c1cc(NC(=O)C(C)(C)S(=O)(=O)CC2CCN(S(C)(=O)=O)C2)no1.CCCS(=O)(=O)C(C)(C)C(=O)Nc1cc(C(C)(C)C)no1.CCCS(=O)(=O)C(C)(C)C(=O)Nc1cccc(C(C)(C)C)c1.CCCS(=O)(=O)C(C)(C)C(=O)Nc1nc(-c2ccc(Cl)cc2)cs1.CCCS(=O)(=O)C(C)(C)C(=O)Nc1nc2ccccc2s1. The van der Waals surface area contributed by atoms with Gasteiger partial charge in [0.15, 0.2) is 65.3 Å². The van der Waals surface area contributed by atoms with E-state index in [9.17, 15) is 74.5 Å². The number of benzene rings is 3. The number of hydrogen-bond acceptors (Lipinski definition) is 25. The molecule has 7 aromatic rings. The molecular formula is C78H117ClN10O19S8. The van der Waals surface area contributed by atoms with E-state index in [-0.39, 0.29) is 69.2 Å². The summed E-state index contributed by atoms with van der Waals surface area (Å²) in [5.74, 6) is -2.72. The van der Waals surface area contributed by atoms with Crippen LogP contribution in [-0.2, 0) is 99.4 Å². The van der Waals surface area contributed by atoms with E-state index in [2.05, 4.69) is 67.6 Å². The minimum absolute atomic E-state index is 0.00668. The molecule has 5 heterocycles. The molecule has 1 saturated heterocycles. The average Bonchev–Trinajstić information content (AvgIpc) is 1.31. The number of carbonyl (C=O) groups excluding carboxylic acids is 5. The number of sulfone groups is 5. The van der Waals surface area contributed by atoms with E-state index in [1.807, 2.05) is 96.1 Å². The van der Waals surface area contributed by atoms with Crippen LogP contribution in [0, 0.1) is 5.92 Å². The summed E-state index contributed by atoms with van der Waals surface area (Å²) in [6, 6.07) is 25.4. The standard InChI is InChI=1S/C17H29N3O6S2.C17H27NO3S.C16H19ClN2O3S2.C14H24N2O4S.C14H18N2O3S2/c1-16(2,3)13-9-14(19-26-13)18-15(21)17(4,5)28(24,25)11-12-7-8-20(10-12)27(6,22)23;1-7-11-22(20,21)17(5,6)15(19)18-14-10-8-9-13(12-14)16(2,3)4;1-4-9-24(21,22)16(2,3)14(20)19-15-18-13(10-23-15)11-5-7-12(17)8-6-11;1-7-8-21(18,19)14(5,6)12(17)15-11-9-10(16-20-11)13(2,3)4;1-4-9-21(18,19)14(2,3)12(17)16-13-15-10-7-5-6-8-11(10)20-13/h9,12H,7-8,10-11H2,1-6H3,(H,18,19,21);8-10,12H,7,11H2,1-6H3,(H,18,19);5-8,10H,4,9H2,1-3H3,(H,18,19,20);9H,7-8H2,1-6H3,(H,15,17);5-8H,4,9H2,1-3H3,(H,15,16,17). The molecule has 38 heteroatoms. The quantitative estimate of drug-likeness (QED) is 0.0319. The molecule has 1 aliphatic rings. The van der Waals surface area contributed by atoms with Crippen LogP contribution in [-0.4, -0.2) is 176 Å². The highest BCUT2D eigenvalue weighted by atomic mass is 35.5. The van der Waals surface area contributed by atoms with Crippen LogP contribution in [0.15, 0.2) is 99.4 Å². The molecule has 0 aliphatic carbocycles. The number of para-hydroxylation sites is 1. The molecule has 3 aromatic carbocycles. The second-order valence-electron chi connectivity index (χ2n) is 33.7. The van der Waals surface area contributed by atoms with Crippen LogP contribution in [0.5, 0.6) is 0 Å². The molecule has 1 unspecified atom stereocenters. The van der Waals surface area contributed by atoms with Crippen LogP contribution in [0.2, 0.25) is 5.02 Å². The third-order valence-electron chi connectivity index (χ3n) is 19.1. The van der Waals surface area contributed by atoms with Gasteiger partial charge in [-0.05, 0) is 155 Å². The molecule has 0 spiro atoms. The Balaban J connectivity index is 0.000000307. The van der Waals surface area contributed by atoms with Crippen LogP contribution in [0.4, 0.5) is 27.7 Å². The van der Waals surface area contributed by atoms with Gasteiger partial charge < -0.3 is 30.3 Å². The highest BCUT2D eigenvalue weighted by Gasteiger charge is 2.47. The molecule has 8 rings (SSSR count). The fourth-order valence-corrected chi connectivity index (χ4v) is 20.1.